The number of nitrogens with one attached hydrogen (secondary N) is 3. The van der Waals surface area contributed by atoms with Crippen LogP contribution in [0.4, 0.5) is 18.0 Å². The van der Waals surface area contributed by atoms with Gasteiger partial charge in [0.15, 0.2) is 5.82 Å². The number of ether oxygens (including phenoxy) is 1. The Labute approximate surface area is 253 Å². The molecule has 0 aliphatic carbocycles. The fourth-order valence-electron chi connectivity index (χ4n) is 4.37. The second-order valence-corrected chi connectivity index (χ2v) is 11.3. The Morgan fingerprint density at radius 2 is 1.72 bits per heavy atom. The van der Waals surface area contributed by atoms with E-state index >= 15 is 0 Å². The molecule has 3 N–H and O–H groups in total. The first-order valence-corrected chi connectivity index (χ1v) is 14.7. The highest BCUT2D eigenvalue weighted by molar-refractivity contribution is 7.97. The molecular formula is C31H35F3N6O2S. The summed E-state index contributed by atoms with van der Waals surface area (Å²) >= 11 is 1.59. The standard InChI is InChI=1S/C31H35F3N6O2S/c1-20(2)27-12-5-21(3)17-28(27)43-38-16-15-36-30(41)35-14-13-23-6-7-24(18-22(23)4)29-37-19-40(39-29)25-8-10-26(11-9-25)42-31(32,33)34/h5-12,17-20,38H,13-16H2,1-4H3,(H2,35,36,41). The fraction of sp³-hybridized carbons (Fsp3) is 0.323. The van der Waals surface area contributed by atoms with Gasteiger partial charge in [0.05, 0.1) is 5.69 Å². The number of carbonyl (C=O) groups excluding carboxylic acids is 1. The smallest absolute Gasteiger partial charge is 0.406 e. The molecule has 12 heteroatoms. The number of carbonyl (C=O) groups is 1. The van der Waals surface area contributed by atoms with E-state index in [1.165, 1.54) is 51.3 Å². The maximum atomic E-state index is 12.4. The van der Waals surface area contributed by atoms with Crippen molar-refractivity contribution in [2.75, 3.05) is 19.6 Å². The van der Waals surface area contributed by atoms with Gasteiger partial charge in [-0.3, -0.25) is 4.72 Å². The largest absolute Gasteiger partial charge is 0.573 e. The third kappa shape index (κ3) is 9.48. The topological polar surface area (TPSA) is 93.1 Å². The Morgan fingerprint density at radius 1 is 0.977 bits per heavy atom. The van der Waals surface area contributed by atoms with Crippen molar-refractivity contribution >= 4 is 18.0 Å². The third-order valence-corrected chi connectivity index (χ3v) is 7.52. The zero-order chi connectivity index (χ0) is 31.0. The number of amides is 2. The van der Waals surface area contributed by atoms with Gasteiger partial charge in [-0.1, -0.05) is 38.1 Å². The first-order valence-electron chi connectivity index (χ1n) is 13.9. The van der Waals surface area contributed by atoms with Crippen molar-refractivity contribution in [2.24, 2.45) is 0 Å². The minimum Gasteiger partial charge on any atom is -0.406 e. The Balaban J connectivity index is 1.20. The molecule has 1 heterocycles. The van der Waals surface area contributed by atoms with E-state index in [4.69, 9.17) is 0 Å². The van der Waals surface area contributed by atoms with Crippen LogP contribution in [0.5, 0.6) is 5.75 Å². The van der Waals surface area contributed by atoms with Crippen LogP contribution in [0.3, 0.4) is 0 Å². The number of alkyl halides is 3. The molecule has 0 aliphatic heterocycles. The minimum absolute atomic E-state index is 0.216. The SMILES string of the molecule is Cc1ccc(C(C)C)c(SNCCNC(=O)NCCc2ccc(-c3ncn(-c4ccc(OC(F)(F)F)cc4)n3)cc2C)c1. The molecule has 0 saturated carbocycles. The van der Waals surface area contributed by atoms with E-state index < -0.39 is 6.36 Å². The van der Waals surface area contributed by atoms with Crippen molar-refractivity contribution in [3.63, 3.8) is 0 Å². The van der Waals surface area contributed by atoms with Gasteiger partial charge in [0.1, 0.15) is 12.1 Å². The monoisotopic (exact) mass is 612 g/mol. The molecule has 8 nitrogen and oxygen atoms in total. The molecule has 43 heavy (non-hydrogen) atoms. The van der Waals surface area contributed by atoms with E-state index in [2.05, 4.69) is 69.1 Å². The van der Waals surface area contributed by atoms with Crippen LogP contribution in [0.1, 0.15) is 42.0 Å². The predicted octanol–water partition coefficient (Wildman–Crippen LogP) is 6.71. The van der Waals surface area contributed by atoms with Gasteiger partial charge >= 0.3 is 12.4 Å². The van der Waals surface area contributed by atoms with Crippen LogP contribution in [0.2, 0.25) is 0 Å². The number of aromatic nitrogens is 3. The molecule has 4 rings (SSSR count). The Bertz CT molecular complexity index is 1520. The average Bonchev–Trinajstić information content (AvgIpc) is 3.43. The molecule has 0 atom stereocenters. The molecule has 2 amide bonds. The lowest BCUT2D eigenvalue weighted by atomic mass is 10.0. The number of nitrogens with zero attached hydrogens (tertiary/aromatic N) is 3. The number of halogens is 3. The predicted molar refractivity (Wildman–Crippen MR) is 162 cm³/mol. The molecule has 0 aliphatic rings. The molecule has 3 aromatic carbocycles. The molecular weight excluding hydrogens is 577 g/mol. The lowest BCUT2D eigenvalue weighted by Crippen LogP contribution is -2.39. The number of hydrogen-bond acceptors (Lipinski definition) is 6. The maximum Gasteiger partial charge on any atom is 0.573 e. The van der Waals surface area contributed by atoms with E-state index in [0.717, 1.165) is 16.7 Å². The van der Waals surface area contributed by atoms with Gasteiger partial charge < -0.3 is 15.4 Å². The quantitative estimate of drug-likeness (QED) is 0.122. The lowest BCUT2D eigenvalue weighted by molar-refractivity contribution is -0.274. The van der Waals surface area contributed by atoms with E-state index in [0.29, 0.717) is 43.5 Å². The lowest BCUT2D eigenvalue weighted by Gasteiger charge is -2.14. The summed E-state index contributed by atoms with van der Waals surface area (Å²) < 4.78 is 45.9. The third-order valence-electron chi connectivity index (χ3n) is 6.59. The number of urea groups is 1. The second kappa shape index (κ2) is 14.4. The number of benzene rings is 3. The zero-order valence-corrected chi connectivity index (χ0v) is 25.3. The highest BCUT2D eigenvalue weighted by Gasteiger charge is 2.31. The molecule has 228 valence electrons. The van der Waals surface area contributed by atoms with Gasteiger partial charge in [-0.25, -0.2) is 14.5 Å². The van der Waals surface area contributed by atoms with E-state index in [1.54, 1.807) is 11.9 Å². The van der Waals surface area contributed by atoms with Crippen LogP contribution in [-0.2, 0) is 6.42 Å². The van der Waals surface area contributed by atoms with Crippen molar-refractivity contribution in [2.45, 2.75) is 51.3 Å². The summed E-state index contributed by atoms with van der Waals surface area (Å²) in [5, 5.41) is 10.2. The highest BCUT2D eigenvalue weighted by atomic mass is 32.2. The first-order chi connectivity index (χ1) is 20.5. The summed E-state index contributed by atoms with van der Waals surface area (Å²) in [4.78, 5) is 17.8. The highest BCUT2D eigenvalue weighted by Crippen LogP contribution is 2.28. The van der Waals surface area contributed by atoms with Crippen LogP contribution < -0.4 is 20.1 Å². The van der Waals surface area contributed by atoms with Crippen molar-refractivity contribution in [1.82, 2.24) is 30.1 Å². The van der Waals surface area contributed by atoms with Crippen molar-refractivity contribution in [3.8, 4) is 22.8 Å². The number of hydrogen-bond donors (Lipinski definition) is 3. The van der Waals surface area contributed by atoms with Crippen molar-refractivity contribution in [3.05, 3.63) is 89.2 Å². The second-order valence-electron chi connectivity index (χ2n) is 10.3. The average molecular weight is 613 g/mol. The van der Waals surface area contributed by atoms with Crippen molar-refractivity contribution < 1.29 is 22.7 Å². The molecule has 0 fully saturated rings. The summed E-state index contributed by atoms with van der Waals surface area (Å²) in [5.74, 6) is 0.616. The van der Waals surface area contributed by atoms with E-state index in [1.807, 2.05) is 25.1 Å². The van der Waals surface area contributed by atoms with Gasteiger partial charge in [-0.05, 0) is 96.8 Å². The van der Waals surface area contributed by atoms with Gasteiger partial charge in [0, 0.05) is 30.1 Å². The van der Waals surface area contributed by atoms with Gasteiger partial charge in [0.25, 0.3) is 0 Å². The van der Waals surface area contributed by atoms with Gasteiger partial charge in [-0.2, -0.15) is 0 Å². The van der Waals surface area contributed by atoms with Crippen LogP contribution >= 0.6 is 11.9 Å². The summed E-state index contributed by atoms with van der Waals surface area (Å²) in [6.45, 7) is 10.0. The van der Waals surface area contributed by atoms with Crippen LogP contribution in [0.25, 0.3) is 17.1 Å². The number of rotatable bonds is 12. The molecule has 0 saturated heterocycles. The normalized spacial score (nSPS) is 11.5. The Kier molecular flexibility index (Phi) is 10.7. The summed E-state index contributed by atoms with van der Waals surface area (Å²) in [7, 11) is 0. The van der Waals surface area contributed by atoms with E-state index in [9.17, 15) is 18.0 Å². The summed E-state index contributed by atoms with van der Waals surface area (Å²) in [6, 6.07) is 17.5. The molecule has 0 spiro atoms. The number of aryl methyl sites for hydroxylation is 2. The van der Waals surface area contributed by atoms with Gasteiger partial charge in [0.2, 0.25) is 0 Å². The Hall–Kier alpha value is -4.03. The van der Waals surface area contributed by atoms with Crippen LogP contribution in [-0.4, -0.2) is 46.8 Å². The molecule has 4 aromatic rings. The minimum atomic E-state index is -4.74. The summed E-state index contributed by atoms with van der Waals surface area (Å²) in [6.07, 6.45) is -2.58. The maximum absolute atomic E-state index is 12.4. The van der Waals surface area contributed by atoms with Crippen LogP contribution in [0.15, 0.2) is 71.9 Å². The van der Waals surface area contributed by atoms with Crippen molar-refractivity contribution in [1.29, 1.82) is 0 Å². The van der Waals surface area contributed by atoms with Crippen LogP contribution in [0, 0.1) is 13.8 Å². The molecule has 0 bridgehead atoms. The molecule has 0 unspecified atom stereocenters. The molecule has 0 radical (unpaired) electrons. The van der Waals surface area contributed by atoms with E-state index in [-0.39, 0.29) is 11.8 Å². The molecule has 1 aromatic heterocycles. The fourth-order valence-corrected chi connectivity index (χ4v) is 5.40. The van der Waals surface area contributed by atoms with Gasteiger partial charge in [-0.15, -0.1) is 18.3 Å². The zero-order valence-electron chi connectivity index (χ0n) is 24.5. The Morgan fingerprint density at radius 3 is 2.42 bits per heavy atom. The summed E-state index contributed by atoms with van der Waals surface area (Å²) in [5.41, 5.74) is 5.99. The first kappa shape index (κ1) is 31.9.